The molecule has 2 heterocycles. The van der Waals surface area contributed by atoms with Crippen molar-refractivity contribution in [3.63, 3.8) is 0 Å². The third-order valence-corrected chi connectivity index (χ3v) is 4.34. The van der Waals surface area contributed by atoms with E-state index in [1.807, 2.05) is 0 Å². The molecule has 0 spiro atoms. The number of aryl methyl sites for hydroxylation is 1. The summed E-state index contributed by atoms with van der Waals surface area (Å²) in [6, 6.07) is 4.95. The second-order valence-electron chi connectivity index (χ2n) is 5.34. The number of carbonyl (C=O) groups excluding carboxylic acids is 2. The zero-order chi connectivity index (χ0) is 18.4. The lowest BCUT2D eigenvalue weighted by Gasteiger charge is -2.23. The number of benzene rings is 1. The number of nitrogens with zero attached hydrogens (tertiary/aromatic N) is 1. The summed E-state index contributed by atoms with van der Waals surface area (Å²) in [5, 5.41) is 4.28. The van der Waals surface area contributed by atoms with Crippen LogP contribution in [-0.2, 0) is 9.59 Å². The fourth-order valence-electron chi connectivity index (χ4n) is 2.24. The second-order valence-corrected chi connectivity index (χ2v) is 6.54. The Morgan fingerprint density at radius 1 is 1.40 bits per heavy atom. The molecular formula is C15H12F3N3O3S. The topological polar surface area (TPSA) is 80.3 Å². The number of nitrogens with one attached hydrogen (secondary N) is 2. The minimum absolute atomic E-state index is 0.151. The molecule has 0 fully saturated rings. The molecule has 132 valence electrons. The van der Waals surface area contributed by atoms with E-state index in [1.54, 1.807) is 37.4 Å². The molecule has 1 aliphatic rings. The van der Waals surface area contributed by atoms with Gasteiger partial charge in [-0.25, -0.2) is 4.98 Å². The van der Waals surface area contributed by atoms with Crippen LogP contribution in [0.15, 0.2) is 18.2 Å². The van der Waals surface area contributed by atoms with Gasteiger partial charge in [0.25, 0.3) is 5.91 Å². The summed E-state index contributed by atoms with van der Waals surface area (Å²) in [6.07, 6.45) is -5.59. The molecule has 2 aromatic rings. The maximum Gasteiger partial charge on any atom is 0.471 e. The molecule has 2 amide bonds. The molecule has 0 aliphatic carbocycles. The molecule has 2 N–H and O–H groups in total. The zero-order valence-corrected chi connectivity index (χ0v) is 13.8. The first-order valence-corrected chi connectivity index (χ1v) is 7.94. The first-order chi connectivity index (χ1) is 11.6. The summed E-state index contributed by atoms with van der Waals surface area (Å²) >= 11 is 0.930. The van der Waals surface area contributed by atoms with Gasteiger partial charge in [-0.2, -0.15) is 13.2 Å². The number of halogens is 3. The number of rotatable bonds is 2. The van der Waals surface area contributed by atoms with Crippen LogP contribution < -0.4 is 15.4 Å². The predicted octanol–water partition coefficient (Wildman–Crippen LogP) is 3.34. The summed E-state index contributed by atoms with van der Waals surface area (Å²) < 4.78 is 42.4. The van der Waals surface area contributed by atoms with Crippen LogP contribution in [0.3, 0.4) is 0 Å². The second kappa shape index (κ2) is 6.03. The molecule has 0 radical (unpaired) electrons. The van der Waals surface area contributed by atoms with Crippen molar-refractivity contribution in [2.75, 3.05) is 10.6 Å². The van der Waals surface area contributed by atoms with Crippen molar-refractivity contribution in [3.05, 3.63) is 23.1 Å². The Bertz CT molecular complexity index is 863. The molecule has 1 aliphatic heterocycles. The van der Waals surface area contributed by atoms with Crippen molar-refractivity contribution in [1.82, 2.24) is 4.98 Å². The van der Waals surface area contributed by atoms with Gasteiger partial charge in [0, 0.05) is 10.4 Å². The fourth-order valence-corrected chi connectivity index (χ4v) is 3.07. The molecule has 1 aromatic heterocycles. The number of hydrogen-bond acceptors (Lipinski definition) is 5. The Balaban J connectivity index is 1.89. The molecular weight excluding hydrogens is 359 g/mol. The summed E-state index contributed by atoms with van der Waals surface area (Å²) in [4.78, 5) is 27.4. The number of amides is 2. The van der Waals surface area contributed by atoms with Gasteiger partial charge in [0.2, 0.25) is 0 Å². The van der Waals surface area contributed by atoms with E-state index in [4.69, 9.17) is 4.74 Å². The number of carbonyl (C=O) groups is 2. The maximum atomic E-state index is 12.3. The van der Waals surface area contributed by atoms with Crippen LogP contribution in [0, 0.1) is 6.92 Å². The molecule has 25 heavy (non-hydrogen) atoms. The fraction of sp³-hybridized carbons (Fsp3) is 0.267. The average molecular weight is 371 g/mol. The minimum Gasteiger partial charge on any atom is -0.479 e. The number of thiazole rings is 1. The van der Waals surface area contributed by atoms with Crippen LogP contribution in [0.1, 0.15) is 11.8 Å². The molecule has 0 unspecified atom stereocenters. The first-order valence-electron chi connectivity index (χ1n) is 7.12. The molecule has 6 nitrogen and oxygen atoms in total. The molecule has 1 aromatic carbocycles. The number of alkyl halides is 3. The van der Waals surface area contributed by atoms with Crippen LogP contribution in [0.2, 0.25) is 0 Å². The molecule has 0 saturated heterocycles. The highest BCUT2D eigenvalue weighted by atomic mass is 32.1. The van der Waals surface area contributed by atoms with E-state index in [1.165, 1.54) is 0 Å². The van der Waals surface area contributed by atoms with E-state index in [0.29, 0.717) is 27.6 Å². The van der Waals surface area contributed by atoms with Crippen molar-refractivity contribution < 1.29 is 27.5 Å². The van der Waals surface area contributed by atoms with Crippen LogP contribution in [0.5, 0.6) is 5.75 Å². The van der Waals surface area contributed by atoms with Gasteiger partial charge in [-0.3, -0.25) is 14.9 Å². The van der Waals surface area contributed by atoms with Gasteiger partial charge in [0.1, 0.15) is 5.75 Å². The third-order valence-electron chi connectivity index (χ3n) is 3.46. The summed E-state index contributed by atoms with van der Waals surface area (Å²) in [6.45, 7) is 3.29. The SMILES string of the molecule is Cc1sc(NC(=O)C(F)(F)F)nc1-c1ccc2c(c1)NC(=O)[C@@H](C)O2. The number of anilines is 2. The standard InChI is InChI=1S/C15H12F3N3O3S/c1-6-12(22)19-9-5-8(3-4-10(9)24-6)11-7(2)25-14(20-11)21-13(23)15(16,17)18/h3-6H,1-2H3,(H,19,22)(H,20,21,23)/t6-/m1/s1. The normalized spacial score (nSPS) is 16.7. The van der Waals surface area contributed by atoms with Crippen molar-refractivity contribution in [1.29, 1.82) is 0 Å². The molecule has 10 heteroatoms. The molecule has 1 atom stereocenters. The monoisotopic (exact) mass is 371 g/mol. The Kier molecular flexibility index (Phi) is 4.15. The lowest BCUT2D eigenvalue weighted by molar-refractivity contribution is -0.167. The van der Waals surface area contributed by atoms with E-state index in [2.05, 4.69) is 10.3 Å². The van der Waals surface area contributed by atoms with E-state index >= 15 is 0 Å². The van der Waals surface area contributed by atoms with Gasteiger partial charge in [0.05, 0.1) is 11.4 Å². The quantitative estimate of drug-likeness (QED) is 0.849. The van der Waals surface area contributed by atoms with Crippen LogP contribution in [-0.4, -0.2) is 29.1 Å². The third kappa shape index (κ3) is 3.43. The summed E-state index contributed by atoms with van der Waals surface area (Å²) in [5.74, 6) is -1.87. The summed E-state index contributed by atoms with van der Waals surface area (Å²) in [7, 11) is 0. The Labute approximate surface area is 144 Å². The Morgan fingerprint density at radius 2 is 2.12 bits per heavy atom. The van der Waals surface area contributed by atoms with E-state index in [0.717, 1.165) is 11.3 Å². The smallest absolute Gasteiger partial charge is 0.471 e. The van der Waals surface area contributed by atoms with E-state index in [-0.39, 0.29) is 11.0 Å². The number of hydrogen-bond donors (Lipinski definition) is 2. The van der Waals surface area contributed by atoms with Gasteiger partial charge in [-0.05, 0) is 32.0 Å². The maximum absolute atomic E-state index is 12.3. The molecule has 0 saturated carbocycles. The molecule has 3 rings (SSSR count). The van der Waals surface area contributed by atoms with Crippen LogP contribution in [0.25, 0.3) is 11.3 Å². The zero-order valence-electron chi connectivity index (χ0n) is 13.0. The summed E-state index contributed by atoms with van der Waals surface area (Å²) in [5.41, 5.74) is 1.45. The number of aromatic nitrogens is 1. The number of fused-ring (bicyclic) bond motifs is 1. The van der Waals surface area contributed by atoms with Crippen LogP contribution >= 0.6 is 11.3 Å². The van der Waals surface area contributed by atoms with E-state index < -0.39 is 18.2 Å². The number of ether oxygens (including phenoxy) is 1. The lowest BCUT2D eigenvalue weighted by atomic mass is 10.1. The van der Waals surface area contributed by atoms with Crippen molar-refractivity contribution in [2.45, 2.75) is 26.1 Å². The Morgan fingerprint density at radius 3 is 2.80 bits per heavy atom. The highest BCUT2D eigenvalue weighted by Crippen LogP contribution is 2.37. The molecule has 0 bridgehead atoms. The van der Waals surface area contributed by atoms with Crippen LogP contribution in [0.4, 0.5) is 24.0 Å². The van der Waals surface area contributed by atoms with Gasteiger partial charge in [0.15, 0.2) is 11.2 Å². The van der Waals surface area contributed by atoms with Crippen molar-refractivity contribution in [2.24, 2.45) is 0 Å². The average Bonchev–Trinajstić information content (AvgIpc) is 2.87. The lowest BCUT2D eigenvalue weighted by Crippen LogP contribution is -2.34. The largest absolute Gasteiger partial charge is 0.479 e. The van der Waals surface area contributed by atoms with Crippen molar-refractivity contribution >= 4 is 34.0 Å². The highest BCUT2D eigenvalue weighted by molar-refractivity contribution is 7.16. The Hall–Kier alpha value is -2.62. The van der Waals surface area contributed by atoms with E-state index in [9.17, 15) is 22.8 Å². The van der Waals surface area contributed by atoms with Gasteiger partial charge < -0.3 is 10.1 Å². The first kappa shape index (κ1) is 17.2. The highest BCUT2D eigenvalue weighted by Gasteiger charge is 2.39. The minimum atomic E-state index is -4.98. The van der Waals surface area contributed by atoms with Gasteiger partial charge in [-0.1, -0.05) is 0 Å². The van der Waals surface area contributed by atoms with Gasteiger partial charge >= 0.3 is 12.1 Å². The van der Waals surface area contributed by atoms with Gasteiger partial charge in [-0.15, -0.1) is 11.3 Å². The predicted molar refractivity (Wildman–Crippen MR) is 85.7 cm³/mol. The van der Waals surface area contributed by atoms with Crippen molar-refractivity contribution in [3.8, 4) is 17.0 Å².